The lowest BCUT2D eigenvalue weighted by Crippen LogP contribution is -2.56. The van der Waals surface area contributed by atoms with Gasteiger partial charge in [-0.25, -0.2) is 0 Å². The van der Waals surface area contributed by atoms with Crippen molar-refractivity contribution in [1.82, 2.24) is 10.2 Å². The van der Waals surface area contributed by atoms with E-state index in [2.05, 4.69) is 10.2 Å². The lowest BCUT2D eigenvalue weighted by molar-refractivity contribution is -0.119. The van der Waals surface area contributed by atoms with Crippen molar-refractivity contribution in [2.75, 3.05) is 13.1 Å². The van der Waals surface area contributed by atoms with Crippen molar-refractivity contribution >= 4 is 5.91 Å². The second-order valence-electron chi connectivity index (χ2n) is 4.95. The molecule has 3 rings (SSSR count). The monoisotopic (exact) mass is 194 g/mol. The normalized spacial score (nSPS) is 42.9. The zero-order valence-corrected chi connectivity index (χ0v) is 8.54. The third-order valence-electron chi connectivity index (χ3n) is 4.15. The Bertz CT molecular complexity index is 254. The zero-order chi connectivity index (χ0) is 9.54. The maximum Gasteiger partial charge on any atom is 0.220 e. The fraction of sp³-hybridized carbons (Fsp3) is 0.909. The molecule has 1 N–H and O–H groups in total. The van der Waals surface area contributed by atoms with E-state index < -0.39 is 0 Å². The molecule has 0 aromatic carbocycles. The van der Waals surface area contributed by atoms with Gasteiger partial charge in [-0.2, -0.15) is 0 Å². The van der Waals surface area contributed by atoms with Gasteiger partial charge in [-0.05, 0) is 38.3 Å². The molecular weight excluding hydrogens is 176 g/mol. The van der Waals surface area contributed by atoms with Crippen LogP contribution in [0, 0.1) is 5.92 Å². The molecule has 0 aliphatic carbocycles. The molecule has 3 heteroatoms. The highest BCUT2D eigenvalue weighted by Crippen LogP contribution is 2.34. The molecule has 0 spiro atoms. The molecule has 0 radical (unpaired) electrons. The highest BCUT2D eigenvalue weighted by molar-refractivity contribution is 5.79. The Hall–Kier alpha value is -0.570. The Balaban J connectivity index is 1.79. The van der Waals surface area contributed by atoms with Gasteiger partial charge in [-0.1, -0.05) is 6.42 Å². The molecule has 3 unspecified atom stereocenters. The first-order valence-electron chi connectivity index (χ1n) is 5.88. The number of hydrogen-bond donors (Lipinski definition) is 1. The number of hydrogen-bond acceptors (Lipinski definition) is 2. The average Bonchev–Trinajstić information content (AvgIpc) is 2.59. The van der Waals surface area contributed by atoms with E-state index >= 15 is 0 Å². The highest BCUT2D eigenvalue weighted by Gasteiger charge is 2.43. The van der Waals surface area contributed by atoms with Crippen molar-refractivity contribution in [2.24, 2.45) is 5.92 Å². The van der Waals surface area contributed by atoms with E-state index in [-0.39, 0.29) is 5.91 Å². The molecule has 3 aliphatic rings. The van der Waals surface area contributed by atoms with Crippen LogP contribution in [0.2, 0.25) is 0 Å². The summed E-state index contributed by atoms with van der Waals surface area (Å²) in [6.07, 6.45) is 6.00. The second-order valence-corrected chi connectivity index (χ2v) is 4.95. The summed E-state index contributed by atoms with van der Waals surface area (Å²) in [5.41, 5.74) is 0. The quantitative estimate of drug-likeness (QED) is 0.617. The van der Waals surface area contributed by atoms with Gasteiger partial charge in [-0.3, -0.25) is 9.69 Å². The fourth-order valence-electron chi connectivity index (χ4n) is 3.45. The first-order chi connectivity index (χ1) is 6.84. The topological polar surface area (TPSA) is 32.3 Å². The van der Waals surface area contributed by atoms with Gasteiger partial charge in [0.2, 0.25) is 5.91 Å². The van der Waals surface area contributed by atoms with Crippen LogP contribution < -0.4 is 5.32 Å². The van der Waals surface area contributed by atoms with Crippen molar-refractivity contribution in [1.29, 1.82) is 0 Å². The number of nitrogens with zero attached hydrogens (tertiary/aromatic N) is 1. The Kier molecular flexibility index (Phi) is 2.01. The molecule has 0 saturated carbocycles. The van der Waals surface area contributed by atoms with Crippen LogP contribution in [0.15, 0.2) is 0 Å². The van der Waals surface area contributed by atoms with Gasteiger partial charge in [0, 0.05) is 18.5 Å². The van der Waals surface area contributed by atoms with Crippen molar-refractivity contribution in [2.45, 2.75) is 44.2 Å². The summed E-state index contributed by atoms with van der Waals surface area (Å²) < 4.78 is 0. The SMILES string of the molecule is O=C1CC2CCN3CCCCC3C2N1. The summed E-state index contributed by atoms with van der Waals surface area (Å²) in [6.45, 7) is 2.48. The third kappa shape index (κ3) is 1.26. The Morgan fingerprint density at radius 3 is 3.07 bits per heavy atom. The highest BCUT2D eigenvalue weighted by atomic mass is 16.2. The van der Waals surface area contributed by atoms with Gasteiger partial charge in [0.05, 0.1) is 0 Å². The summed E-state index contributed by atoms with van der Waals surface area (Å²) in [7, 11) is 0. The zero-order valence-electron chi connectivity index (χ0n) is 8.54. The van der Waals surface area contributed by atoms with Crippen molar-refractivity contribution in [3.63, 3.8) is 0 Å². The van der Waals surface area contributed by atoms with Gasteiger partial charge in [-0.15, -0.1) is 0 Å². The van der Waals surface area contributed by atoms with E-state index in [1.54, 1.807) is 0 Å². The van der Waals surface area contributed by atoms with Crippen LogP contribution in [0.25, 0.3) is 0 Å². The number of carbonyl (C=O) groups excluding carboxylic acids is 1. The minimum atomic E-state index is 0.285. The van der Waals surface area contributed by atoms with Gasteiger partial charge >= 0.3 is 0 Å². The van der Waals surface area contributed by atoms with Crippen LogP contribution in [-0.2, 0) is 4.79 Å². The average molecular weight is 194 g/mol. The molecule has 0 bridgehead atoms. The number of piperidine rings is 2. The van der Waals surface area contributed by atoms with Gasteiger partial charge in [0.1, 0.15) is 0 Å². The molecule has 14 heavy (non-hydrogen) atoms. The molecule has 3 aliphatic heterocycles. The minimum absolute atomic E-state index is 0.285. The van der Waals surface area contributed by atoms with Crippen LogP contribution in [0.4, 0.5) is 0 Å². The van der Waals surface area contributed by atoms with E-state index in [4.69, 9.17) is 0 Å². The molecule has 78 valence electrons. The smallest absolute Gasteiger partial charge is 0.220 e. The number of amides is 1. The summed E-state index contributed by atoms with van der Waals surface area (Å²) in [5, 5.41) is 3.17. The lowest BCUT2D eigenvalue weighted by Gasteiger charge is -2.45. The van der Waals surface area contributed by atoms with E-state index in [9.17, 15) is 4.79 Å². The third-order valence-corrected chi connectivity index (χ3v) is 4.15. The van der Waals surface area contributed by atoms with Crippen LogP contribution >= 0.6 is 0 Å². The molecule has 0 aromatic heterocycles. The number of carbonyl (C=O) groups is 1. The Morgan fingerprint density at radius 1 is 1.21 bits per heavy atom. The summed E-state index contributed by atoms with van der Waals surface area (Å²) in [4.78, 5) is 13.9. The first kappa shape index (κ1) is 8.72. The predicted octanol–water partition coefficient (Wildman–Crippen LogP) is 0.749. The molecule has 1 amide bonds. The van der Waals surface area contributed by atoms with E-state index in [0.29, 0.717) is 18.0 Å². The molecule has 3 heterocycles. The Morgan fingerprint density at radius 2 is 2.14 bits per heavy atom. The largest absolute Gasteiger partial charge is 0.351 e. The van der Waals surface area contributed by atoms with Crippen molar-refractivity contribution in [3.8, 4) is 0 Å². The summed E-state index contributed by atoms with van der Waals surface area (Å²) in [6, 6.07) is 1.14. The minimum Gasteiger partial charge on any atom is -0.351 e. The van der Waals surface area contributed by atoms with Gasteiger partial charge in [0.25, 0.3) is 0 Å². The predicted molar refractivity (Wildman–Crippen MR) is 53.9 cm³/mol. The second kappa shape index (κ2) is 3.23. The molecule has 3 saturated heterocycles. The molecule has 0 aromatic rings. The van der Waals surface area contributed by atoms with Crippen LogP contribution in [-0.4, -0.2) is 36.0 Å². The maximum absolute atomic E-state index is 11.4. The van der Waals surface area contributed by atoms with Crippen LogP contribution in [0.3, 0.4) is 0 Å². The van der Waals surface area contributed by atoms with E-state index in [1.165, 1.54) is 38.8 Å². The fourth-order valence-corrected chi connectivity index (χ4v) is 3.45. The van der Waals surface area contributed by atoms with Gasteiger partial charge in [0.15, 0.2) is 0 Å². The molecule has 3 atom stereocenters. The first-order valence-corrected chi connectivity index (χ1v) is 5.88. The maximum atomic E-state index is 11.4. The standard InChI is InChI=1S/C11H18N2O/c14-10-7-8-4-6-13-5-2-1-3-9(13)11(8)12-10/h8-9,11H,1-7H2,(H,12,14). The van der Waals surface area contributed by atoms with E-state index in [0.717, 1.165) is 6.42 Å². The molecular formula is C11H18N2O. The number of nitrogens with one attached hydrogen (secondary N) is 1. The van der Waals surface area contributed by atoms with Crippen molar-refractivity contribution < 1.29 is 4.79 Å². The van der Waals surface area contributed by atoms with Crippen LogP contribution in [0.1, 0.15) is 32.1 Å². The molecule has 3 fully saturated rings. The Labute approximate surface area is 84.8 Å². The van der Waals surface area contributed by atoms with Crippen LogP contribution in [0.5, 0.6) is 0 Å². The van der Waals surface area contributed by atoms with E-state index in [1.807, 2.05) is 0 Å². The summed E-state index contributed by atoms with van der Waals surface area (Å²) in [5.74, 6) is 0.925. The number of rotatable bonds is 0. The molecule has 3 nitrogen and oxygen atoms in total. The number of fused-ring (bicyclic) bond motifs is 3. The summed E-state index contributed by atoms with van der Waals surface area (Å²) >= 11 is 0. The lowest BCUT2D eigenvalue weighted by atomic mass is 9.82. The van der Waals surface area contributed by atoms with Gasteiger partial charge < -0.3 is 5.32 Å². The van der Waals surface area contributed by atoms with Crippen molar-refractivity contribution in [3.05, 3.63) is 0 Å².